The minimum absolute atomic E-state index is 0.0119. The van der Waals surface area contributed by atoms with Gasteiger partial charge in [-0.25, -0.2) is 34.8 Å². The molecule has 0 aromatic heterocycles. The van der Waals surface area contributed by atoms with Gasteiger partial charge < -0.3 is 45.7 Å². The van der Waals surface area contributed by atoms with Gasteiger partial charge in [0, 0.05) is 61.7 Å². The Bertz CT molecular complexity index is 2720. The number of aliphatic carboxylic acids is 1. The summed E-state index contributed by atoms with van der Waals surface area (Å²) in [6.07, 6.45) is 10.1. The maximum atomic E-state index is 13.1. The molecule has 0 amide bonds. The molecule has 81 heavy (non-hydrogen) atoms. The van der Waals surface area contributed by atoms with E-state index in [1.807, 2.05) is 0 Å². The topological polar surface area (TPSA) is 293 Å². The Labute approximate surface area is 503 Å². The first-order chi connectivity index (χ1) is 38.1. The van der Waals surface area contributed by atoms with Crippen LogP contribution < -0.4 is 11.1 Å². The number of rotatable bonds is 25. The fourth-order valence-electron chi connectivity index (χ4n) is 7.51. The number of carboxylic acids is 1. The lowest BCUT2D eigenvalue weighted by atomic mass is 10.2. The number of carbonyl (C=O) groups excluding carboxylic acids is 1. The minimum Gasteiger partial charge on any atom is -0.480 e. The van der Waals surface area contributed by atoms with E-state index in [9.17, 15) is 34.8 Å². The highest BCUT2D eigenvalue weighted by Crippen LogP contribution is 2.38. The molecule has 5 saturated carbocycles. The lowest BCUT2D eigenvalue weighted by molar-refractivity contribution is -0.160. The van der Waals surface area contributed by atoms with E-state index in [0.29, 0.717) is 28.1 Å². The smallest absolute Gasteiger partial charge is 0.332 e. The average molecular weight is 1320 g/mol. The molecule has 20 nitrogen and oxygen atoms in total. The second kappa shape index (κ2) is 35.1. The Kier molecular flexibility index (Phi) is 31.5. The summed E-state index contributed by atoms with van der Waals surface area (Å²) in [6, 6.07) is 16.2. The predicted molar refractivity (Wildman–Crippen MR) is 318 cm³/mol. The largest absolute Gasteiger partial charge is 0.480 e. The molecule has 0 aliphatic heterocycles. The van der Waals surface area contributed by atoms with Gasteiger partial charge in [-0.05, 0) is 141 Å². The first kappa shape index (κ1) is 72.7. The number of ether oxygens (including phenoxy) is 3. The Morgan fingerprint density at radius 1 is 0.605 bits per heavy atom. The third kappa shape index (κ3) is 26.3. The maximum Gasteiger partial charge on any atom is 0.332 e. The molecule has 460 valence electrons. The molecule has 0 saturated heterocycles. The molecule has 27 heteroatoms. The van der Waals surface area contributed by atoms with Crippen molar-refractivity contribution in [2.75, 3.05) is 77.8 Å². The van der Waals surface area contributed by atoms with E-state index in [2.05, 4.69) is 21.2 Å². The quantitative estimate of drug-likeness (QED) is 0.0281. The number of aryl methyl sites for hydroxylation is 3. The number of sulfonamides is 3. The number of aliphatic hydroxyl groups is 3. The van der Waals surface area contributed by atoms with Crippen molar-refractivity contribution in [1.82, 2.24) is 18.2 Å². The number of benzene rings is 3. The summed E-state index contributed by atoms with van der Waals surface area (Å²) in [5.74, 6) is -1.55. The van der Waals surface area contributed by atoms with Crippen molar-refractivity contribution in [2.45, 2.75) is 156 Å². The van der Waals surface area contributed by atoms with Gasteiger partial charge in [0.1, 0.15) is 33.5 Å². The lowest BCUT2D eigenvalue weighted by Crippen LogP contribution is -2.37. The van der Waals surface area contributed by atoms with Crippen LogP contribution in [0.25, 0.3) is 0 Å². The van der Waals surface area contributed by atoms with Gasteiger partial charge in [0.2, 0.25) is 30.1 Å². The molecule has 0 bridgehead atoms. The number of nitrogens with two attached hydrogens (primary N) is 1. The zero-order valence-electron chi connectivity index (χ0n) is 47.1. The van der Waals surface area contributed by atoms with Crippen LogP contribution in [0.1, 0.15) is 102 Å². The highest BCUT2D eigenvalue weighted by atomic mass is 79.9. The molecule has 3 aromatic rings. The number of hydrogen-bond acceptors (Lipinski definition) is 16. The predicted octanol–water partition coefficient (Wildman–Crippen LogP) is 7.07. The highest BCUT2D eigenvalue weighted by molar-refractivity contribution is 9.09. The Balaban J connectivity index is 0.000000284. The van der Waals surface area contributed by atoms with Crippen LogP contribution in [0, 0.1) is 20.8 Å². The molecule has 0 spiro atoms. The highest BCUT2D eigenvalue weighted by Gasteiger charge is 2.42. The summed E-state index contributed by atoms with van der Waals surface area (Å²) >= 11 is 21.2. The molecule has 0 atom stereocenters. The first-order valence-electron chi connectivity index (χ1n) is 26.9. The summed E-state index contributed by atoms with van der Waals surface area (Å²) in [5, 5.41) is 38.2. The molecular formula is C54H83BrCl3N5O15S3. The molecule has 0 heterocycles. The molecule has 5 aliphatic carbocycles. The molecule has 3 aromatic carbocycles. The van der Waals surface area contributed by atoms with Crippen LogP contribution in [-0.2, 0) is 53.9 Å². The normalized spacial score (nSPS) is 16.1. The van der Waals surface area contributed by atoms with Crippen LogP contribution >= 0.6 is 50.7 Å². The van der Waals surface area contributed by atoms with E-state index in [4.69, 9.17) is 75.2 Å². The van der Waals surface area contributed by atoms with Gasteiger partial charge in [0.25, 0.3) is 0 Å². The molecule has 0 radical (unpaired) electrons. The first-order valence-corrected chi connectivity index (χ1v) is 33.4. The maximum absolute atomic E-state index is 13.1. The Morgan fingerprint density at radius 3 is 1.21 bits per heavy atom. The van der Waals surface area contributed by atoms with E-state index >= 15 is 0 Å². The van der Waals surface area contributed by atoms with E-state index in [-0.39, 0.29) is 107 Å². The van der Waals surface area contributed by atoms with Gasteiger partial charge in [-0.2, -0.15) is 12.9 Å². The summed E-state index contributed by atoms with van der Waals surface area (Å²) in [7, 11) is -11.1. The second-order valence-electron chi connectivity index (χ2n) is 20.7. The van der Waals surface area contributed by atoms with Crippen molar-refractivity contribution < 1.29 is 69.5 Å². The van der Waals surface area contributed by atoms with E-state index in [1.54, 1.807) is 96.1 Å². The second-order valence-corrected chi connectivity index (χ2v) is 28.2. The SMILES string of the molecule is Cc1cccc(Cl)c1S(=O)(=O)N(CCO)C1CC1.Cc1cccc(Cl)c1S(=O)(=O)N(CCOCC(=O)O)C1CC1.Cc1cccc(Cl)c1S(=O)(=O)N(CCOCC(=O)OC(C)(C)C)C1CC1.NC1CC1.OCCBr.OCCNC1CC1. The number of carboxylic acid groups (broad SMARTS) is 1. The molecule has 0 unspecified atom stereocenters. The Morgan fingerprint density at radius 2 is 0.951 bits per heavy atom. The fraction of sp³-hybridized carbons (Fsp3) is 0.630. The van der Waals surface area contributed by atoms with Crippen LogP contribution in [0.4, 0.5) is 0 Å². The molecular weight excluding hydrogens is 1240 g/mol. The molecule has 8 rings (SSSR count). The summed E-state index contributed by atoms with van der Waals surface area (Å²) in [5.41, 5.74) is 6.47. The number of halogens is 4. The number of aliphatic hydroxyl groups excluding tert-OH is 3. The van der Waals surface area contributed by atoms with Crippen LogP contribution in [0.3, 0.4) is 0 Å². The van der Waals surface area contributed by atoms with Crippen LogP contribution in [0.2, 0.25) is 15.1 Å². The molecule has 5 aliphatic rings. The number of hydrogen-bond donors (Lipinski definition) is 6. The number of nitrogens with one attached hydrogen (secondary N) is 1. The van der Waals surface area contributed by atoms with Crippen LogP contribution in [0.5, 0.6) is 0 Å². The van der Waals surface area contributed by atoms with Gasteiger partial charge in [0.05, 0.1) is 48.1 Å². The van der Waals surface area contributed by atoms with Crippen molar-refractivity contribution in [3.8, 4) is 0 Å². The number of esters is 1. The van der Waals surface area contributed by atoms with Crippen molar-refractivity contribution in [3.05, 3.63) is 86.4 Å². The number of carbonyl (C=O) groups is 2. The summed E-state index contributed by atoms with van der Waals surface area (Å²) in [4.78, 5) is 22.5. The van der Waals surface area contributed by atoms with Gasteiger partial charge in [-0.15, -0.1) is 0 Å². The van der Waals surface area contributed by atoms with Crippen molar-refractivity contribution in [1.29, 1.82) is 0 Å². The number of nitrogens with zero attached hydrogens (tertiary/aromatic N) is 3. The zero-order chi connectivity index (χ0) is 60.7. The average Bonchev–Trinajstić information content (AvgIpc) is 4.33. The number of alkyl halides is 1. The van der Waals surface area contributed by atoms with Crippen molar-refractivity contribution in [3.63, 3.8) is 0 Å². The van der Waals surface area contributed by atoms with Crippen LogP contribution in [0.15, 0.2) is 69.3 Å². The zero-order valence-corrected chi connectivity index (χ0v) is 53.4. The van der Waals surface area contributed by atoms with E-state index < -0.39 is 54.2 Å². The van der Waals surface area contributed by atoms with Gasteiger partial charge in [-0.3, -0.25) is 0 Å². The van der Waals surface area contributed by atoms with Crippen molar-refractivity contribution >= 4 is 92.7 Å². The standard InChI is InChI=1S/C18H26ClNO5S.C14H18ClNO5S.C12H16ClNO3S.C5H11NO.C3H7N.C2H5BrO/c1-13-6-5-7-15(19)17(13)26(22,23)20(14-8-9-14)10-11-24-12-16(21)25-18(2,3)4;1-10-3-2-4-12(15)14(10)22(19,20)16(11-5-6-11)7-8-21-9-13(17)18;1-9-3-2-4-11(13)12(9)18(16,17)14(7-8-15)10-5-6-10;7-4-3-6-5-1-2-5;4-3-1-2-3;3-1-2-4/h5-7,14H,8-12H2,1-4H3;2-4,11H,5-9H2,1H3,(H,17,18);2-4,10,15H,5-8H2,1H3;5-7H,1-4H2;3H,1-2,4H2;4H,1-2H2. The van der Waals surface area contributed by atoms with Gasteiger partial charge >= 0.3 is 11.9 Å². The van der Waals surface area contributed by atoms with E-state index in [0.717, 1.165) is 51.1 Å². The third-order valence-electron chi connectivity index (χ3n) is 12.0. The minimum atomic E-state index is -3.73. The monoisotopic (exact) mass is 1320 g/mol. The van der Waals surface area contributed by atoms with Gasteiger partial charge in [-0.1, -0.05) is 87.1 Å². The Hall–Kier alpha value is -2.60. The van der Waals surface area contributed by atoms with Crippen LogP contribution in [-0.4, -0.2) is 184 Å². The third-order valence-corrected chi connectivity index (χ3v) is 20.1. The van der Waals surface area contributed by atoms with Crippen molar-refractivity contribution in [2.24, 2.45) is 5.73 Å². The van der Waals surface area contributed by atoms with E-state index in [1.165, 1.54) is 38.6 Å². The summed E-state index contributed by atoms with van der Waals surface area (Å²) < 4.78 is 96.6. The molecule has 7 N–H and O–H groups in total. The molecule has 5 fully saturated rings. The fourth-order valence-corrected chi connectivity index (χ4v) is 14.9. The lowest BCUT2D eigenvalue weighted by Gasteiger charge is -2.23. The summed E-state index contributed by atoms with van der Waals surface area (Å²) in [6.45, 7) is 11.5. The van der Waals surface area contributed by atoms with Gasteiger partial charge in [0.15, 0.2) is 0 Å².